The zero-order chi connectivity index (χ0) is 30.6. The van der Waals surface area contributed by atoms with Crippen molar-refractivity contribution in [1.29, 1.82) is 0 Å². The Labute approximate surface area is 250 Å². The number of aromatic amines is 1. The molecule has 0 bridgehead atoms. The molecule has 2 aromatic heterocycles. The van der Waals surface area contributed by atoms with Crippen molar-refractivity contribution < 1.29 is 19.2 Å². The Morgan fingerprint density at radius 3 is 2.44 bits per heavy atom. The quantitative estimate of drug-likeness (QED) is 0.118. The molecule has 1 aliphatic heterocycles. The SMILES string of the molecule is CCCCOc1nc(N)c2[nH]c(=O)n(Cc3ccc(CN4CCC(CCNC(=O)CCNC(=O)CON)CC4)cc3)c2n1. The Bertz CT molecular complexity index is 1400. The Morgan fingerprint density at radius 2 is 1.74 bits per heavy atom. The third kappa shape index (κ3) is 9.49. The topological polar surface area (TPSA) is 196 Å². The first-order valence-electron chi connectivity index (χ1n) is 14.9. The molecule has 0 aliphatic carbocycles. The van der Waals surface area contributed by atoms with E-state index in [0.29, 0.717) is 36.8 Å². The molecule has 4 rings (SSSR count). The second kappa shape index (κ2) is 16.0. The van der Waals surface area contributed by atoms with E-state index in [1.807, 2.05) is 12.1 Å². The molecule has 0 saturated carbocycles. The van der Waals surface area contributed by atoms with Gasteiger partial charge in [-0.1, -0.05) is 37.6 Å². The fourth-order valence-electron chi connectivity index (χ4n) is 5.12. The Kier molecular flexibility index (Phi) is 11.9. The molecular formula is C29H43N9O5. The number of carbonyl (C=O) groups excluding carboxylic acids is 2. The number of piperidine rings is 1. The zero-order valence-electron chi connectivity index (χ0n) is 24.8. The van der Waals surface area contributed by atoms with Crippen molar-refractivity contribution in [2.75, 3.05) is 45.1 Å². The molecule has 0 radical (unpaired) electrons. The summed E-state index contributed by atoms with van der Waals surface area (Å²) in [5.74, 6) is 5.18. The van der Waals surface area contributed by atoms with Crippen LogP contribution in [0.1, 0.15) is 56.6 Å². The number of nitrogens with zero attached hydrogens (tertiary/aromatic N) is 4. The van der Waals surface area contributed by atoms with Crippen LogP contribution in [0.25, 0.3) is 11.2 Å². The summed E-state index contributed by atoms with van der Waals surface area (Å²) < 4.78 is 7.18. The van der Waals surface area contributed by atoms with Crippen molar-refractivity contribution in [2.24, 2.45) is 11.8 Å². The van der Waals surface area contributed by atoms with Crippen molar-refractivity contribution in [3.63, 3.8) is 0 Å². The lowest BCUT2D eigenvalue weighted by atomic mass is 9.93. The zero-order valence-corrected chi connectivity index (χ0v) is 24.8. The molecule has 0 spiro atoms. The van der Waals surface area contributed by atoms with Gasteiger partial charge < -0.3 is 26.1 Å². The summed E-state index contributed by atoms with van der Waals surface area (Å²) in [5.41, 5.74) is 8.80. The van der Waals surface area contributed by atoms with E-state index in [9.17, 15) is 14.4 Å². The molecule has 1 saturated heterocycles. The molecule has 14 heteroatoms. The monoisotopic (exact) mass is 597 g/mol. The number of imidazole rings is 1. The van der Waals surface area contributed by atoms with Crippen molar-refractivity contribution in [3.8, 4) is 6.01 Å². The minimum atomic E-state index is -0.343. The predicted octanol–water partition coefficient (Wildman–Crippen LogP) is 1.04. The molecule has 43 heavy (non-hydrogen) atoms. The van der Waals surface area contributed by atoms with Gasteiger partial charge in [0, 0.05) is 26.1 Å². The number of anilines is 1. The van der Waals surface area contributed by atoms with E-state index in [4.69, 9.17) is 16.4 Å². The fraction of sp³-hybridized carbons (Fsp3) is 0.552. The number of likely N-dealkylation sites (tertiary alicyclic amines) is 1. The normalized spacial score (nSPS) is 14.2. The van der Waals surface area contributed by atoms with Gasteiger partial charge >= 0.3 is 11.7 Å². The number of nitrogens with one attached hydrogen (secondary N) is 3. The van der Waals surface area contributed by atoms with Gasteiger partial charge in [0.2, 0.25) is 11.8 Å². The van der Waals surface area contributed by atoms with Crippen LogP contribution in [-0.4, -0.2) is 75.6 Å². The average molecular weight is 598 g/mol. The summed E-state index contributed by atoms with van der Waals surface area (Å²) >= 11 is 0. The van der Waals surface area contributed by atoms with Crippen molar-refractivity contribution in [3.05, 3.63) is 45.9 Å². The Hall–Kier alpha value is -4.01. The number of amides is 2. The third-order valence-corrected chi connectivity index (χ3v) is 7.60. The summed E-state index contributed by atoms with van der Waals surface area (Å²) in [7, 11) is 0. The van der Waals surface area contributed by atoms with Gasteiger partial charge in [0.15, 0.2) is 11.5 Å². The number of H-pyrrole nitrogens is 1. The van der Waals surface area contributed by atoms with Crippen LogP contribution in [0.5, 0.6) is 6.01 Å². The number of nitrogen functional groups attached to an aromatic ring is 1. The second-order valence-corrected chi connectivity index (χ2v) is 10.9. The largest absolute Gasteiger partial charge is 0.463 e. The number of rotatable bonds is 16. The van der Waals surface area contributed by atoms with Crippen LogP contribution in [0.15, 0.2) is 29.1 Å². The molecular weight excluding hydrogens is 554 g/mol. The highest BCUT2D eigenvalue weighted by Crippen LogP contribution is 2.22. The van der Waals surface area contributed by atoms with Crippen LogP contribution in [0.4, 0.5) is 5.82 Å². The van der Waals surface area contributed by atoms with E-state index in [0.717, 1.165) is 57.3 Å². The van der Waals surface area contributed by atoms with Crippen molar-refractivity contribution >= 4 is 28.8 Å². The van der Waals surface area contributed by atoms with Gasteiger partial charge in [-0.05, 0) is 55.8 Å². The molecule has 14 nitrogen and oxygen atoms in total. The molecule has 7 N–H and O–H groups in total. The molecule has 3 heterocycles. The highest BCUT2D eigenvalue weighted by atomic mass is 16.6. The van der Waals surface area contributed by atoms with E-state index in [2.05, 4.69) is 54.4 Å². The van der Waals surface area contributed by atoms with Crippen molar-refractivity contribution in [1.82, 2.24) is 35.1 Å². The van der Waals surface area contributed by atoms with Gasteiger partial charge in [-0.25, -0.2) is 10.7 Å². The van der Waals surface area contributed by atoms with Crippen LogP contribution in [0.3, 0.4) is 0 Å². The summed E-state index contributed by atoms with van der Waals surface area (Å²) in [4.78, 5) is 54.0. The van der Waals surface area contributed by atoms with Crippen LogP contribution in [0, 0.1) is 5.92 Å². The second-order valence-electron chi connectivity index (χ2n) is 10.9. The number of fused-ring (bicyclic) bond motifs is 1. The van der Waals surface area contributed by atoms with E-state index >= 15 is 0 Å². The predicted molar refractivity (Wildman–Crippen MR) is 162 cm³/mol. The minimum absolute atomic E-state index is 0.0806. The van der Waals surface area contributed by atoms with E-state index < -0.39 is 0 Å². The van der Waals surface area contributed by atoms with Gasteiger partial charge in [0.05, 0.1) is 13.2 Å². The lowest BCUT2D eigenvalue weighted by Gasteiger charge is -2.32. The minimum Gasteiger partial charge on any atom is -0.463 e. The highest BCUT2D eigenvalue weighted by Gasteiger charge is 2.20. The van der Waals surface area contributed by atoms with Gasteiger partial charge in [-0.2, -0.15) is 9.97 Å². The lowest BCUT2D eigenvalue weighted by molar-refractivity contribution is -0.126. The number of hydrogen-bond donors (Lipinski definition) is 5. The first-order valence-corrected chi connectivity index (χ1v) is 14.9. The number of carbonyl (C=O) groups is 2. The molecule has 1 fully saturated rings. The maximum Gasteiger partial charge on any atom is 0.328 e. The Balaban J connectivity index is 1.21. The fourth-order valence-corrected chi connectivity index (χ4v) is 5.12. The smallest absolute Gasteiger partial charge is 0.328 e. The van der Waals surface area contributed by atoms with Gasteiger partial charge in [0.25, 0.3) is 0 Å². The molecule has 0 unspecified atom stereocenters. The third-order valence-electron chi connectivity index (χ3n) is 7.60. The van der Waals surface area contributed by atoms with Crippen LogP contribution in [0.2, 0.25) is 0 Å². The number of ether oxygens (including phenoxy) is 1. The van der Waals surface area contributed by atoms with Gasteiger partial charge in [-0.15, -0.1) is 0 Å². The molecule has 2 amide bonds. The van der Waals surface area contributed by atoms with E-state index in [1.54, 1.807) is 4.57 Å². The molecule has 1 aromatic carbocycles. The first kappa shape index (κ1) is 31.9. The van der Waals surface area contributed by atoms with Crippen LogP contribution >= 0.6 is 0 Å². The lowest BCUT2D eigenvalue weighted by Crippen LogP contribution is -2.36. The van der Waals surface area contributed by atoms with E-state index in [-0.39, 0.29) is 48.9 Å². The maximum absolute atomic E-state index is 12.7. The number of benzene rings is 1. The van der Waals surface area contributed by atoms with Crippen molar-refractivity contribution in [2.45, 2.75) is 58.5 Å². The summed E-state index contributed by atoms with van der Waals surface area (Å²) in [5, 5.41) is 5.51. The first-order chi connectivity index (χ1) is 20.9. The van der Waals surface area contributed by atoms with E-state index in [1.165, 1.54) is 5.56 Å². The van der Waals surface area contributed by atoms with Crippen LogP contribution in [-0.2, 0) is 27.5 Å². The molecule has 1 aliphatic rings. The molecule has 0 atom stereocenters. The summed E-state index contributed by atoms with van der Waals surface area (Å²) in [6.45, 7) is 6.46. The number of nitrogens with two attached hydrogens (primary N) is 2. The Morgan fingerprint density at radius 1 is 1.05 bits per heavy atom. The number of hydrogen-bond acceptors (Lipinski definition) is 10. The number of unbranched alkanes of at least 4 members (excludes halogenated alkanes) is 1. The highest BCUT2D eigenvalue weighted by molar-refractivity contribution is 5.82. The summed E-state index contributed by atoms with van der Waals surface area (Å²) in [6.07, 6.45) is 5.20. The molecule has 234 valence electrons. The summed E-state index contributed by atoms with van der Waals surface area (Å²) in [6, 6.07) is 8.45. The van der Waals surface area contributed by atoms with Crippen LogP contribution < -0.4 is 32.7 Å². The number of aromatic nitrogens is 4. The average Bonchev–Trinajstić information content (AvgIpc) is 3.30. The maximum atomic E-state index is 12.7. The van der Waals surface area contributed by atoms with Gasteiger partial charge in [0.1, 0.15) is 12.1 Å². The molecule has 3 aromatic rings. The van der Waals surface area contributed by atoms with Gasteiger partial charge in [-0.3, -0.25) is 23.9 Å². The standard InChI is InChI=1S/C29H43N9O5/c1-2-3-16-42-28-35-26(30)25-27(36-28)38(29(41)34-25)18-22-6-4-21(5-7-22)17-37-14-10-20(11-15-37)8-12-32-23(39)9-13-33-24(40)19-43-31/h4-7,20H,2-3,8-19,31H2,1H3,(H,32,39)(H,33,40)(H,34,41)(H2,30,35,36).